The topological polar surface area (TPSA) is 286 Å². The Morgan fingerprint density at radius 2 is 0.793 bits per heavy atom. The predicted molar refractivity (Wildman–Crippen MR) is 345 cm³/mol. The van der Waals surface area contributed by atoms with Crippen LogP contribution in [0.25, 0.3) is 47.1 Å². The number of methoxy groups -OCH3 is 4. The van der Waals surface area contributed by atoms with Crippen LogP contribution >= 0.6 is 0 Å². The molecule has 4 aromatic heterocycles. The Kier molecular flexibility index (Phi) is 25.5. The Balaban J connectivity index is 0.000000327. The molecule has 4 aliphatic heterocycles. The van der Waals surface area contributed by atoms with E-state index < -0.39 is 0 Å². The third kappa shape index (κ3) is 16.0. The van der Waals surface area contributed by atoms with Gasteiger partial charge in [-0.25, -0.2) is 9.98 Å². The Labute approximate surface area is 554 Å². The van der Waals surface area contributed by atoms with E-state index in [1.165, 1.54) is 40.6 Å². The van der Waals surface area contributed by atoms with E-state index in [2.05, 4.69) is 56.9 Å². The van der Waals surface area contributed by atoms with Crippen LogP contribution in [-0.2, 0) is 117 Å². The maximum absolute atomic E-state index is 12.3. The molecule has 2 N–H and O–H groups in total. The van der Waals surface area contributed by atoms with E-state index in [1.54, 1.807) is 50.3 Å². The van der Waals surface area contributed by atoms with Gasteiger partial charge in [0.05, 0.1) is 51.7 Å². The average Bonchev–Trinajstić information content (AvgIpc) is 1.72. The van der Waals surface area contributed by atoms with Gasteiger partial charge in [0.25, 0.3) is 11.8 Å². The number of nitrogens with one attached hydrogen (secondary N) is 2. The first-order valence-corrected chi connectivity index (χ1v) is 28.8. The maximum Gasteiger partial charge on any atom is 2.00 e. The molecule has 92 heavy (non-hydrogen) atoms. The van der Waals surface area contributed by atoms with Gasteiger partial charge in [0.1, 0.15) is 0 Å². The van der Waals surface area contributed by atoms with E-state index in [9.17, 15) is 38.4 Å². The zero-order chi connectivity index (χ0) is 66.0. The van der Waals surface area contributed by atoms with Crippen molar-refractivity contribution in [1.29, 1.82) is 0 Å². The predicted octanol–water partition coefficient (Wildman–Crippen LogP) is 7.30. The average molecular weight is 1330 g/mol. The van der Waals surface area contributed by atoms with E-state index >= 15 is 0 Å². The third-order valence-corrected chi connectivity index (χ3v) is 16.3. The summed E-state index contributed by atoms with van der Waals surface area (Å²) in [5.74, 6) is -2.74. The molecule has 8 rings (SSSR count). The third-order valence-electron chi connectivity index (χ3n) is 16.3. The second kappa shape index (κ2) is 32.0. The monoisotopic (exact) mass is 1330 g/mol. The van der Waals surface area contributed by atoms with Crippen LogP contribution in [-0.4, -0.2) is 97.3 Å². The number of hydrogen-bond acceptors (Lipinski definition) is 12. The number of nitrogens with zero attached hydrogens (tertiary/aromatic N) is 6. The summed E-state index contributed by atoms with van der Waals surface area (Å²) in [6, 6.07) is 0. The number of allylic oxidation sites excluding steroid dienone is 5. The van der Waals surface area contributed by atoms with Crippen LogP contribution in [0, 0.1) is 27.7 Å². The summed E-state index contributed by atoms with van der Waals surface area (Å²) in [4.78, 5) is 123. The van der Waals surface area contributed by atoms with E-state index in [0.717, 1.165) is 55.8 Å². The minimum absolute atomic E-state index is 0. The van der Waals surface area contributed by atoms with Gasteiger partial charge in [-0.15, -0.1) is 32.8 Å². The van der Waals surface area contributed by atoms with Gasteiger partial charge in [-0.2, -0.15) is 0 Å². The van der Waals surface area contributed by atoms with Crippen molar-refractivity contribution in [3.05, 3.63) is 206 Å². The number of amides is 4. The molecular formula is C70H72Mn2N8O12. The van der Waals surface area contributed by atoms with Crippen molar-refractivity contribution in [2.24, 2.45) is 9.98 Å². The molecule has 2 radical (unpaired) electrons. The second-order valence-electron chi connectivity index (χ2n) is 21.4. The van der Waals surface area contributed by atoms with Crippen LogP contribution in [0.1, 0.15) is 121 Å². The first kappa shape index (κ1) is 73.3. The van der Waals surface area contributed by atoms with Crippen LogP contribution in [0.3, 0.4) is 0 Å². The summed E-state index contributed by atoms with van der Waals surface area (Å²) >= 11 is 0. The van der Waals surface area contributed by atoms with Gasteiger partial charge in [0, 0.05) is 70.8 Å². The molecule has 0 aliphatic carbocycles. The molecule has 0 aromatic carbocycles. The van der Waals surface area contributed by atoms with Crippen LogP contribution in [0.2, 0.25) is 0 Å². The molecule has 0 fully saturated rings. The molecule has 0 atom stereocenters. The van der Waals surface area contributed by atoms with E-state index in [4.69, 9.17) is 28.9 Å². The van der Waals surface area contributed by atoms with Crippen LogP contribution in [0.4, 0.5) is 0 Å². The molecule has 0 spiro atoms. The molecule has 0 bridgehead atoms. The van der Waals surface area contributed by atoms with Gasteiger partial charge >= 0.3 is 58.0 Å². The molecular weight excluding hydrogens is 1250 g/mol. The van der Waals surface area contributed by atoms with Crippen molar-refractivity contribution in [2.75, 3.05) is 28.4 Å². The second-order valence-corrected chi connectivity index (χ2v) is 21.4. The van der Waals surface area contributed by atoms with E-state index in [1.807, 2.05) is 53.7 Å². The zero-order valence-electron chi connectivity index (χ0n) is 53.6. The van der Waals surface area contributed by atoms with Crippen molar-refractivity contribution >= 4 is 95.4 Å². The quantitative estimate of drug-likeness (QED) is 0.0444. The fourth-order valence-corrected chi connectivity index (χ4v) is 10.8. The number of aliphatic imine (C=N–C) groups is 2. The number of aromatic amines is 2. The Morgan fingerprint density at radius 1 is 0.402 bits per heavy atom. The first-order chi connectivity index (χ1) is 42.9. The number of ether oxygens (including phenoxy) is 4. The molecule has 8 heterocycles. The SMILES string of the molecule is C=CC1=C(C)C(=O)N=C1C=c1[n-]c(=Cc2[nH]c(/C=C3/[N-]C(=O)C(C=C)=C3C)c(C)c2CCC(=O)OC)c(CCC(=O)OC)c1C.C=CC1=C(C)C(C=c2[n-]c(=Cc3[nH]c(/C=C4/[N-]C(=O)C(C)=C4C=C)c(C)c3CCC(=O)OC)c(CCC(=O)OC)c2C)=NC1=O.[Mn+2].[Mn+2]. The van der Waals surface area contributed by atoms with Gasteiger partial charge in [-0.3, -0.25) is 28.8 Å². The zero-order valence-corrected chi connectivity index (χ0v) is 56.0. The number of H-pyrrole nitrogens is 2. The summed E-state index contributed by atoms with van der Waals surface area (Å²) < 4.78 is 19.5. The number of esters is 4. The smallest absolute Gasteiger partial charge is 0.657 e. The van der Waals surface area contributed by atoms with Crippen LogP contribution in [0.5, 0.6) is 0 Å². The molecule has 4 aromatic rings. The molecule has 0 saturated heterocycles. The van der Waals surface area contributed by atoms with Crippen molar-refractivity contribution < 1.29 is 91.4 Å². The molecule has 4 amide bonds. The van der Waals surface area contributed by atoms with Gasteiger partial charge in [-0.05, 0) is 120 Å². The van der Waals surface area contributed by atoms with Crippen LogP contribution in [0.15, 0.2) is 117 Å². The van der Waals surface area contributed by atoms with E-state index in [-0.39, 0.29) is 107 Å². The minimum atomic E-state index is -0.356. The van der Waals surface area contributed by atoms with Gasteiger partial charge in [0.2, 0.25) is 0 Å². The number of carbonyl (C=O) groups excluding carboxylic acids is 8. The summed E-state index contributed by atoms with van der Waals surface area (Å²) in [6.07, 6.45) is 19.2. The summed E-state index contributed by atoms with van der Waals surface area (Å²) in [6.45, 7) is 29.8. The number of rotatable bonds is 22. The van der Waals surface area contributed by atoms with Gasteiger partial charge in [0.15, 0.2) is 0 Å². The Morgan fingerprint density at radius 3 is 1.20 bits per heavy atom. The number of hydrogen-bond donors (Lipinski definition) is 2. The summed E-state index contributed by atoms with van der Waals surface area (Å²) in [5, 5.41) is 10.8. The largest absolute Gasteiger partial charge is 2.00 e. The Bertz CT molecular complexity index is 4340. The standard InChI is InChI=1S/2C35H38N4O6.2Mn/c2*1-9-22-21(6)34(42)39-29(22)16-27-20(5)25(12-14-33(41)45-8)31(37-27)17-30-24(11-13-32(40)44-7)19(4)26(36-30)15-28-18(3)23(10-2)35(43)38-28;;/h2*9-10,15-17H,1-2,11-14H2,3-8H3,(H3,36,37,38,39,42,43);;/q;;2*+2/p-4. The van der Waals surface area contributed by atoms with Crippen molar-refractivity contribution in [1.82, 2.24) is 19.9 Å². The fourth-order valence-electron chi connectivity index (χ4n) is 10.8. The molecule has 20 nitrogen and oxygen atoms in total. The van der Waals surface area contributed by atoms with E-state index in [0.29, 0.717) is 126 Å². The fraction of sp³-hybridized carbons (Fsp3) is 0.286. The minimum Gasteiger partial charge on any atom is -0.657 e. The van der Waals surface area contributed by atoms with Gasteiger partial charge < -0.3 is 59.1 Å². The maximum atomic E-state index is 12.3. The molecule has 22 heteroatoms. The normalized spacial score (nSPS) is 16.2. The number of carbonyl (C=O) groups is 8. The number of aromatic nitrogens is 4. The first-order valence-electron chi connectivity index (χ1n) is 28.8. The summed E-state index contributed by atoms with van der Waals surface area (Å²) in [5.41, 5.74) is 16.3. The molecule has 0 saturated carbocycles. The van der Waals surface area contributed by atoms with Crippen LogP contribution < -0.4 is 31.4 Å². The molecule has 478 valence electrons. The molecule has 0 unspecified atom stereocenters. The van der Waals surface area contributed by atoms with Crippen molar-refractivity contribution in [3.63, 3.8) is 0 Å². The molecule has 4 aliphatic rings. The van der Waals surface area contributed by atoms with Crippen molar-refractivity contribution in [3.8, 4) is 0 Å². The summed E-state index contributed by atoms with van der Waals surface area (Å²) in [7, 11) is 5.38. The Hall–Kier alpha value is -9.46. The van der Waals surface area contributed by atoms with Crippen molar-refractivity contribution in [2.45, 2.75) is 107 Å². The van der Waals surface area contributed by atoms with Gasteiger partial charge in [-0.1, -0.05) is 115 Å².